The lowest BCUT2D eigenvalue weighted by Gasteiger charge is -2.33. The third-order valence-corrected chi connectivity index (χ3v) is 6.49. The topological polar surface area (TPSA) is 53.3 Å². The number of ether oxygens (including phenoxy) is 2. The Kier molecular flexibility index (Phi) is 9.28. The van der Waals surface area contributed by atoms with E-state index in [9.17, 15) is 9.50 Å². The second-order valence-electron chi connectivity index (χ2n) is 8.97. The number of morpholine rings is 2. The lowest BCUT2D eigenvalue weighted by Crippen LogP contribution is -2.46. The standard InChI is InChI=1S/C25H37FN4O3/c26-25-6-2-1-4-22(25)18-30-7-3-5-23(30)19-29(9-8-27-10-14-32-15-11-27)21-24(31)20-28-12-16-33-17-13-28/h1-7,24,31H,8-21H2. The Labute approximate surface area is 196 Å². The number of β-amino-alcohol motifs (C(OH)–C–C–N with tert-alkyl or cyclic N) is 1. The Bertz CT molecular complexity index is 837. The molecule has 0 aliphatic carbocycles. The van der Waals surface area contributed by atoms with Gasteiger partial charge in [0, 0.05) is 76.4 Å². The number of benzene rings is 1. The molecule has 1 atom stereocenters. The van der Waals surface area contributed by atoms with Gasteiger partial charge in [-0.05, 0) is 18.2 Å². The summed E-state index contributed by atoms with van der Waals surface area (Å²) in [7, 11) is 0. The molecule has 0 amide bonds. The van der Waals surface area contributed by atoms with E-state index in [1.807, 2.05) is 24.4 Å². The Morgan fingerprint density at radius 3 is 2.36 bits per heavy atom. The Morgan fingerprint density at radius 2 is 1.64 bits per heavy atom. The van der Waals surface area contributed by atoms with E-state index in [1.165, 1.54) is 6.07 Å². The summed E-state index contributed by atoms with van der Waals surface area (Å²) < 4.78 is 27.2. The zero-order chi connectivity index (χ0) is 22.9. The number of hydrogen-bond donors (Lipinski definition) is 1. The Hall–Kier alpha value is -1.81. The van der Waals surface area contributed by atoms with Gasteiger partial charge in [0.1, 0.15) is 5.82 Å². The minimum Gasteiger partial charge on any atom is -0.390 e. The third kappa shape index (κ3) is 7.60. The number of hydrogen-bond acceptors (Lipinski definition) is 6. The minimum atomic E-state index is -0.428. The van der Waals surface area contributed by atoms with Gasteiger partial charge in [0.25, 0.3) is 0 Å². The van der Waals surface area contributed by atoms with Crippen LogP contribution in [0, 0.1) is 5.82 Å². The number of aliphatic hydroxyl groups excluding tert-OH is 1. The highest BCUT2D eigenvalue weighted by atomic mass is 19.1. The van der Waals surface area contributed by atoms with Crippen molar-refractivity contribution >= 4 is 0 Å². The van der Waals surface area contributed by atoms with E-state index in [1.54, 1.807) is 6.07 Å². The maximum atomic E-state index is 14.2. The SMILES string of the molecule is OC(CN1CCOCC1)CN(CCN1CCOCC1)Cc1cccn1Cc1ccccc1F. The van der Waals surface area contributed by atoms with Crippen molar-refractivity contribution in [3.8, 4) is 0 Å². The van der Waals surface area contributed by atoms with E-state index in [0.29, 0.717) is 31.7 Å². The zero-order valence-electron chi connectivity index (χ0n) is 19.4. The molecule has 2 fully saturated rings. The molecule has 2 aliphatic heterocycles. The van der Waals surface area contributed by atoms with Crippen LogP contribution >= 0.6 is 0 Å². The first-order valence-electron chi connectivity index (χ1n) is 12.1. The fourth-order valence-electron chi connectivity index (χ4n) is 4.57. The molecule has 1 unspecified atom stereocenters. The van der Waals surface area contributed by atoms with E-state index in [4.69, 9.17) is 9.47 Å². The van der Waals surface area contributed by atoms with Crippen LogP contribution in [0.5, 0.6) is 0 Å². The molecule has 4 rings (SSSR count). The molecule has 0 radical (unpaired) electrons. The summed E-state index contributed by atoms with van der Waals surface area (Å²) in [6.45, 7) is 11.0. The van der Waals surface area contributed by atoms with Crippen molar-refractivity contribution in [3.05, 3.63) is 59.7 Å². The minimum absolute atomic E-state index is 0.178. The largest absolute Gasteiger partial charge is 0.390 e. The first-order chi connectivity index (χ1) is 16.2. The number of rotatable bonds is 11. The van der Waals surface area contributed by atoms with Gasteiger partial charge in [-0.15, -0.1) is 0 Å². The molecule has 2 aliphatic rings. The van der Waals surface area contributed by atoms with Crippen molar-refractivity contribution in [3.63, 3.8) is 0 Å². The molecular weight excluding hydrogens is 423 g/mol. The predicted molar refractivity (Wildman–Crippen MR) is 126 cm³/mol. The van der Waals surface area contributed by atoms with Crippen molar-refractivity contribution < 1.29 is 19.0 Å². The molecule has 8 heteroatoms. The monoisotopic (exact) mass is 460 g/mol. The van der Waals surface area contributed by atoms with E-state index in [0.717, 1.165) is 71.4 Å². The second kappa shape index (κ2) is 12.6. The van der Waals surface area contributed by atoms with Gasteiger partial charge in [-0.1, -0.05) is 18.2 Å². The van der Waals surface area contributed by atoms with Crippen LogP contribution in [0.4, 0.5) is 4.39 Å². The molecule has 182 valence electrons. The Balaban J connectivity index is 1.39. The summed E-state index contributed by atoms with van der Waals surface area (Å²) in [5.41, 5.74) is 1.81. The van der Waals surface area contributed by atoms with Crippen molar-refractivity contribution in [2.45, 2.75) is 19.2 Å². The van der Waals surface area contributed by atoms with Gasteiger partial charge in [-0.25, -0.2) is 4.39 Å². The average Bonchev–Trinajstić information content (AvgIpc) is 3.26. The van der Waals surface area contributed by atoms with Crippen LogP contribution in [0.3, 0.4) is 0 Å². The van der Waals surface area contributed by atoms with Crippen LogP contribution < -0.4 is 0 Å². The van der Waals surface area contributed by atoms with Crippen LogP contribution in [-0.4, -0.2) is 109 Å². The van der Waals surface area contributed by atoms with E-state index in [2.05, 4.69) is 25.3 Å². The van der Waals surface area contributed by atoms with Gasteiger partial charge in [0.2, 0.25) is 0 Å². The third-order valence-electron chi connectivity index (χ3n) is 6.49. The summed E-state index contributed by atoms with van der Waals surface area (Å²) in [4.78, 5) is 7.02. The van der Waals surface area contributed by atoms with Crippen molar-refractivity contribution in [2.24, 2.45) is 0 Å². The maximum absolute atomic E-state index is 14.2. The molecule has 3 heterocycles. The maximum Gasteiger partial charge on any atom is 0.128 e. The predicted octanol–water partition coefficient (Wildman–Crippen LogP) is 1.50. The number of halogens is 1. The van der Waals surface area contributed by atoms with Crippen LogP contribution in [0.25, 0.3) is 0 Å². The summed E-state index contributed by atoms with van der Waals surface area (Å²) >= 11 is 0. The first-order valence-corrected chi connectivity index (χ1v) is 12.1. The highest BCUT2D eigenvalue weighted by Crippen LogP contribution is 2.14. The highest BCUT2D eigenvalue weighted by molar-refractivity contribution is 5.19. The van der Waals surface area contributed by atoms with E-state index >= 15 is 0 Å². The van der Waals surface area contributed by atoms with E-state index in [-0.39, 0.29) is 5.82 Å². The van der Waals surface area contributed by atoms with Gasteiger partial charge >= 0.3 is 0 Å². The lowest BCUT2D eigenvalue weighted by molar-refractivity contribution is 0.00259. The van der Waals surface area contributed by atoms with Crippen LogP contribution in [0.1, 0.15) is 11.3 Å². The normalized spacial score (nSPS) is 19.2. The molecule has 1 aromatic heterocycles. The van der Waals surface area contributed by atoms with Gasteiger partial charge in [-0.2, -0.15) is 0 Å². The van der Waals surface area contributed by atoms with E-state index < -0.39 is 6.10 Å². The molecule has 7 nitrogen and oxygen atoms in total. The lowest BCUT2D eigenvalue weighted by atomic mass is 10.2. The molecule has 2 saturated heterocycles. The van der Waals surface area contributed by atoms with Gasteiger partial charge in [-0.3, -0.25) is 14.7 Å². The van der Waals surface area contributed by atoms with Gasteiger partial charge < -0.3 is 19.1 Å². The highest BCUT2D eigenvalue weighted by Gasteiger charge is 2.20. The Morgan fingerprint density at radius 1 is 0.939 bits per heavy atom. The fraction of sp³-hybridized carbons (Fsp3) is 0.600. The van der Waals surface area contributed by atoms with Crippen LogP contribution in [-0.2, 0) is 22.6 Å². The number of aliphatic hydroxyl groups is 1. The van der Waals surface area contributed by atoms with Crippen molar-refractivity contribution in [1.82, 2.24) is 19.3 Å². The molecule has 1 aromatic carbocycles. The van der Waals surface area contributed by atoms with Crippen molar-refractivity contribution in [2.75, 3.05) is 78.8 Å². The quantitative estimate of drug-likeness (QED) is 0.549. The van der Waals surface area contributed by atoms with Gasteiger partial charge in [0.15, 0.2) is 0 Å². The molecule has 1 N–H and O–H groups in total. The van der Waals surface area contributed by atoms with Crippen molar-refractivity contribution in [1.29, 1.82) is 0 Å². The number of nitrogens with zero attached hydrogens (tertiary/aromatic N) is 4. The average molecular weight is 461 g/mol. The molecule has 0 bridgehead atoms. The summed E-state index contributed by atoms with van der Waals surface area (Å²) in [6, 6.07) is 11.0. The molecule has 2 aromatic rings. The first kappa shape index (κ1) is 24.3. The summed E-state index contributed by atoms with van der Waals surface area (Å²) in [6.07, 6.45) is 1.58. The molecule has 33 heavy (non-hydrogen) atoms. The molecule has 0 saturated carbocycles. The van der Waals surface area contributed by atoms with Crippen LogP contribution in [0.15, 0.2) is 42.6 Å². The fourth-order valence-corrected chi connectivity index (χ4v) is 4.57. The molecular formula is C25H37FN4O3. The summed E-state index contributed by atoms with van der Waals surface area (Å²) in [5.74, 6) is -0.178. The second-order valence-corrected chi connectivity index (χ2v) is 8.97. The van der Waals surface area contributed by atoms with Crippen LogP contribution in [0.2, 0.25) is 0 Å². The zero-order valence-corrected chi connectivity index (χ0v) is 19.4. The smallest absolute Gasteiger partial charge is 0.128 e. The van der Waals surface area contributed by atoms with Gasteiger partial charge in [0.05, 0.1) is 39.1 Å². The number of aromatic nitrogens is 1. The summed E-state index contributed by atoms with van der Waals surface area (Å²) in [5, 5.41) is 10.9. The molecule has 0 spiro atoms.